The Kier molecular flexibility index (Phi) is 13.5. The van der Waals surface area contributed by atoms with Crippen LogP contribution in [0.1, 0.15) is 49.8 Å². The lowest BCUT2D eigenvalue weighted by Gasteiger charge is -2.31. The molecule has 282 valence electrons. The quantitative estimate of drug-likeness (QED) is 0.160. The van der Waals surface area contributed by atoms with Crippen molar-refractivity contribution in [3.63, 3.8) is 0 Å². The Labute approximate surface area is 296 Å². The third kappa shape index (κ3) is 12.4. The molecule has 1 heterocycles. The van der Waals surface area contributed by atoms with E-state index in [0.29, 0.717) is 11.1 Å². The Balaban J connectivity index is 1.49. The molecule has 3 amide bonds. The van der Waals surface area contributed by atoms with Gasteiger partial charge in [-0.25, -0.2) is 22.8 Å². The molecule has 52 heavy (non-hydrogen) atoms. The van der Waals surface area contributed by atoms with Crippen molar-refractivity contribution >= 4 is 23.8 Å². The van der Waals surface area contributed by atoms with Crippen LogP contribution in [0.4, 0.5) is 41.6 Å². The summed E-state index contributed by atoms with van der Waals surface area (Å²) in [5.41, 5.74) is 0.143. The number of amides is 3. The van der Waals surface area contributed by atoms with E-state index in [1.54, 1.807) is 26.1 Å². The molecule has 1 saturated heterocycles. The van der Waals surface area contributed by atoms with Gasteiger partial charge in [0.05, 0.1) is 18.8 Å². The first-order valence-corrected chi connectivity index (χ1v) is 16.4. The average molecular weight is 739 g/mol. The number of carbonyl (C=O) groups is 3. The fraction of sp³-hybridized carbons (Fsp3) is 0.417. The molecule has 1 fully saturated rings. The summed E-state index contributed by atoms with van der Waals surface area (Å²) in [5, 5.41) is 10.0. The van der Waals surface area contributed by atoms with Crippen LogP contribution in [0.15, 0.2) is 66.7 Å². The summed E-state index contributed by atoms with van der Waals surface area (Å²) < 4.78 is 96.1. The number of hydrogen-bond acceptors (Lipinski definition) is 7. The van der Waals surface area contributed by atoms with E-state index >= 15 is 4.39 Å². The van der Waals surface area contributed by atoms with E-state index in [0.717, 1.165) is 0 Å². The molecule has 0 aromatic heterocycles. The second-order valence-electron chi connectivity index (χ2n) is 13.1. The molecule has 3 aromatic carbocycles. The van der Waals surface area contributed by atoms with E-state index in [1.165, 1.54) is 66.7 Å². The zero-order chi connectivity index (χ0) is 38.1. The molecule has 4 rings (SSSR count). The molecule has 4 N–H and O–H groups in total. The predicted octanol–water partition coefficient (Wildman–Crippen LogP) is 6.35. The molecule has 1 aliphatic rings. The normalized spacial score (nSPS) is 16.9. The van der Waals surface area contributed by atoms with Gasteiger partial charge in [0.25, 0.3) is 0 Å². The van der Waals surface area contributed by atoms with Gasteiger partial charge in [0.2, 0.25) is 5.91 Å². The van der Waals surface area contributed by atoms with Crippen molar-refractivity contribution in [3.05, 3.63) is 101 Å². The highest BCUT2D eigenvalue weighted by atomic mass is 19.4. The van der Waals surface area contributed by atoms with E-state index in [9.17, 15) is 36.3 Å². The topological polar surface area (TPSA) is 127 Å². The average Bonchev–Trinajstić information content (AvgIpc) is 3.07. The molecule has 0 aliphatic carbocycles. The van der Waals surface area contributed by atoms with Crippen LogP contribution < -0.4 is 21.3 Å². The predicted molar refractivity (Wildman–Crippen MR) is 178 cm³/mol. The second-order valence-corrected chi connectivity index (χ2v) is 13.1. The van der Waals surface area contributed by atoms with Gasteiger partial charge < -0.3 is 35.5 Å². The number of alkyl halides is 3. The molecule has 16 heteroatoms. The summed E-state index contributed by atoms with van der Waals surface area (Å²) in [4.78, 5) is 38.8. The lowest BCUT2D eigenvalue weighted by molar-refractivity contribution is -0.124. The molecular formula is C36H40F6N4O6. The SMILES string of the molecule is CC(C)(C)OC(=O)NC(C(=O)Nc1cccc(F)c1CCC1CNC(COC(=O)NCC(F)(F)F)CO1)C(c1ccc(F)cc1)c1ccc(F)cc1. The third-order valence-corrected chi connectivity index (χ3v) is 7.86. The van der Waals surface area contributed by atoms with Crippen LogP contribution in [0.2, 0.25) is 0 Å². The van der Waals surface area contributed by atoms with Gasteiger partial charge in [-0.15, -0.1) is 0 Å². The maximum atomic E-state index is 15.3. The molecular weight excluding hydrogens is 698 g/mol. The van der Waals surface area contributed by atoms with Crippen molar-refractivity contribution in [2.75, 3.05) is 31.6 Å². The largest absolute Gasteiger partial charge is 0.448 e. The van der Waals surface area contributed by atoms with E-state index in [-0.39, 0.29) is 43.9 Å². The lowest BCUT2D eigenvalue weighted by atomic mass is 9.84. The van der Waals surface area contributed by atoms with Crippen LogP contribution in [-0.2, 0) is 25.4 Å². The van der Waals surface area contributed by atoms with Gasteiger partial charge in [0.1, 0.15) is 42.2 Å². The highest BCUT2D eigenvalue weighted by Gasteiger charge is 2.35. The Hall–Kier alpha value is -4.83. The Morgan fingerprint density at radius 2 is 1.52 bits per heavy atom. The van der Waals surface area contributed by atoms with Crippen molar-refractivity contribution in [1.29, 1.82) is 0 Å². The second kappa shape index (κ2) is 17.6. The van der Waals surface area contributed by atoms with Crippen molar-refractivity contribution in [2.45, 2.75) is 69.5 Å². The standard InChI is InChI=1S/C36H40F6N4O6/c1-35(2,3)52-34(49)46-31(30(21-7-11-23(37)12-8-21)22-9-13-24(38)14-10-22)32(47)45-29-6-4-5-28(39)27(29)16-15-26-17-43-25(18-50-26)19-51-33(48)44-20-36(40,41)42/h4-14,25-26,30-31,43H,15-20H2,1-3H3,(H,44,48)(H,45,47)(H,46,49). The fourth-order valence-corrected chi connectivity index (χ4v) is 5.46. The van der Waals surface area contributed by atoms with Gasteiger partial charge >= 0.3 is 18.4 Å². The zero-order valence-corrected chi connectivity index (χ0v) is 28.6. The number of hydrogen-bond donors (Lipinski definition) is 4. The van der Waals surface area contributed by atoms with Crippen LogP contribution >= 0.6 is 0 Å². The fourth-order valence-electron chi connectivity index (χ4n) is 5.46. The summed E-state index contributed by atoms with van der Waals surface area (Å²) in [6.07, 6.45) is -6.78. The van der Waals surface area contributed by atoms with Crippen molar-refractivity contribution in [3.8, 4) is 0 Å². The molecule has 3 aromatic rings. The van der Waals surface area contributed by atoms with E-state index in [1.807, 2.05) is 0 Å². The van der Waals surface area contributed by atoms with Crippen LogP contribution in [-0.4, -0.2) is 74.4 Å². The number of morpholine rings is 1. The number of nitrogens with one attached hydrogen (secondary N) is 4. The van der Waals surface area contributed by atoms with Crippen molar-refractivity contribution in [2.24, 2.45) is 0 Å². The van der Waals surface area contributed by atoms with Gasteiger partial charge in [-0.3, -0.25) is 4.79 Å². The van der Waals surface area contributed by atoms with Crippen molar-refractivity contribution < 1.29 is 54.9 Å². The van der Waals surface area contributed by atoms with Crippen molar-refractivity contribution in [1.82, 2.24) is 16.0 Å². The first-order valence-electron chi connectivity index (χ1n) is 16.4. The maximum Gasteiger partial charge on any atom is 0.408 e. The smallest absolute Gasteiger partial charge is 0.408 e. The van der Waals surface area contributed by atoms with Gasteiger partial charge in [-0.05, 0) is 81.1 Å². The number of ether oxygens (including phenoxy) is 3. The number of anilines is 1. The Bertz CT molecular complexity index is 1610. The van der Waals surface area contributed by atoms with Gasteiger partial charge in [0.15, 0.2) is 0 Å². The number of benzene rings is 3. The number of rotatable bonds is 12. The minimum atomic E-state index is -4.57. The molecule has 0 bridgehead atoms. The first-order chi connectivity index (χ1) is 24.5. The highest BCUT2D eigenvalue weighted by Crippen LogP contribution is 2.31. The summed E-state index contributed by atoms with van der Waals surface area (Å²) in [6, 6.07) is 12.7. The van der Waals surface area contributed by atoms with E-state index in [4.69, 9.17) is 14.2 Å². The Morgan fingerprint density at radius 1 is 0.904 bits per heavy atom. The van der Waals surface area contributed by atoms with Crippen LogP contribution in [0.5, 0.6) is 0 Å². The lowest BCUT2D eigenvalue weighted by Crippen LogP contribution is -2.49. The number of carbonyl (C=O) groups excluding carboxylic acids is 3. The van der Waals surface area contributed by atoms with Gasteiger partial charge in [0, 0.05) is 23.7 Å². The minimum absolute atomic E-state index is 0.0598. The minimum Gasteiger partial charge on any atom is -0.448 e. The van der Waals surface area contributed by atoms with Crippen LogP contribution in [0.25, 0.3) is 0 Å². The molecule has 0 radical (unpaired) electrons. The monoisotopic (exact) mass is 738 g/mol. The Morgan fingerprint density at radius 3 is 2.06 bits per heavy atom. The molecule has 10 nitrogen and oxygen atoms in total. The number of alkyl carbamates (subject to hydrolysis) is 2. The highest BCUT2D eigenvalue weighted by molar-refractivity contribution is 5.98. The summed E-state index contributed by atoms with van der Waals surface area (Å²) >= 11 is 0. The first kappa shape index (κ1) is 39.9. The zero-order valence-electron chi connectivity index (χ0n) is 28.6. The summed E-state index contributed by atoms with van der Waals surface area (Å²) in [5.74, 6) is -3.45. The van der Waals surface area contributed by atoms with Crippen LogP contribution in [0.3, 0.4) is 0 Å². The van der Waals surface area contributed by atoms with E-state index in [2.05, 4.69) is 16.0 Å². The number of halogens is 6. The van der Waals surface area contributed by atoms with Gasteiger partial charge in [-0.2, -0.15) is 13.2 Å². The van der Waals surface area contributed by atoms with E-state index < -0.39 is 78.0 Å². The van der Waals surface area contributed by atoms with Gasteiger partial charge in [-0.1, -0.05) is 30.3 Å². The van der Waals surface area contributed by atoms with Crippen LogP contribution in [0, 0.1) is 17.5 Å². The summed E-state index contributed by atoms with van der Waals surface area (Å²) in [7, 11) is 0. The molecule has 0 saturated carbocycles. The molecule has 3 atom stereocenters. The maximum absolute atomic E-state index is 15.3. The molecule has 3 unspecified atom stereocenters. The third-order valence-electron chi connectivity index (χ3n) is 7.86. The molecule has 1 aliphatic heterocycles. The molecule has 0 spiro atoms. The summed E-state index contributed by atoms with van der Waals surface area (Å²) in [6.45, 7) is 3.47.